The average Bonchev–Trinajstić information content (AvgIpc) is 2.89. The number of anilines is 1. The van der Waals surface area contributed by atoms with Gasteiger partial charge < -0.3 is 15.0 Å². The maximum absolute atomic E-state index is 5.65. The molecule has 0 aromatic carbocycles. The van der Waals surface area contributed by atoms with Crippen LogP contribution >= 0.6 is 0 Å². The number of hydrogen-bond donors (Lipinski definition) is 1. The molecule has 5 heteroatoms. The zero-order valence-electron chi connectivity index (χ0n) is 12.1. The minimum Gasteiger partial charge on any atom is -0.475 e. The molecule has 1 aromatic heterocycles. The van der Waals surface area contributed by atoms with Gasteiger partial charge in [-0.05, 0) is 33.2 Å². The van der Waals surface area contributed by atoms with Crippen molar-refractivity contribution in [2.75, 3.05) is 24.5 Å². The highest BCUT2D eigenvalue weighted by atomic mass is 16.5. The van der Waals surface area contributed by atoms with E-state index in [-0.39, 0.29) is 6.10 Å². The largest absolute Gasteiger partial charge is 0.475 e. The molecule has 106 valence electrons. The maximum atomic E-state index is 5.65. The van der Waals surface area contributed by atoms with Crippen LogP contribution in [0.4, 0.5) is 5.82 Å². The van der Waals surface area contributed by atoms with Crippen LogP contribution in [-0.2, 0) is 0 Å². The third-order valence-electron chi connectivity index (χ3n) is 3.22. The topological polar surface area (TPSA) is 50.3 Å². The van der Waals surface area contributed by atoms with Gasteiger partial charge >= 0.3 is 0 Å². The summed E-state index contributed by atoms with van der Waals surface area (Å²) >= 11 is 0. The van der Waals surface area contributed by atoms with Gasteiger partial charge in [0.05, 0.1) is 6.10 Å². The Kier molecular flexibility index (Phi) is 4.96. The Labute approximate surface area is 115 Å². The van der Waals surface area contributed by atoms with Gasteiger partial charge in [-0.15, -0.1) is 0 Å². The summed E-state index contributed by atoms with van der Waals surface area (Å²) in [6, 6.07) is 2.48. The summed E-state index contributed by atoms with van der Waals surface area (Å²) in [6.45, 7) is 9.35. The lowest BCUT2D eigenvalue weighted by Crippen LogP contribution is -2.38. The van der Waals surface area contributed by atoms with Gasteiger partial charge in [0.25, 0.3) is 0 Å². The zero-order valence-corrected chi connectivity index (χ0v) is 12.1. The number of hydrogen-bond acceptors (Lipinski definition) is 5. The van der Waals surface area contributed by atoms with Crippen LogP contribution in [0.3, 0.4) is 0 Å². The van der Waals surface area contributed by atoms with Crippen LogP contribution in [0, 0.1) is 0 Å². The Bertz CT molecular complexity index is 391. The molecule has 1 aliphatic heterocycles. The SMILES string of the molecule is CCCN(c1cc(OC(C)C)ncn1)C1CCNC1. The van der Waals surface area contributed by atoms with Crippen molar-refractivity contribution in [2.24, 2.45) is 0 Å². The van der Waals surface area contributed by atoms with Gasteiger partial charge in [0.15, 0.2) is 0 Å². The summed E-state index contributed by atoms with van der Waals surface area (Å²) in [7, 11) is 0. The Balaban J connectivity index is 2.15. The number of nitrogens with one attached hydrogen (secondary N) is 1. The fraction of sp³-hybridized carbons (Fsp3) is 0.714. The molecular formula is C14H24N4O. The van der Waals surface area contributed by atoms with E-state index < -0.39 is 0 Å². The van der Waals surface area contributed by atoms with E-state index in [0.717, 1.165) is 31.9 Å². The Morgan fingerprint density at radius 1 is 1.47 bits per heavy atom. The van der Waals surface area contributed by atoms with Crippen molar-refractivity contribution in [3.63, 3.8) is 0 Å². The highest BCUT2D eigenvalue weighted by Gasteiger charge is 2.23. The number of ether oxygens (including phenoxy) is 1. The molecular weight excluding hydrogens is 240 g/mol. The number of nitrogens with zero attached hydrogens (tertiary/aromatic N) is 3. The van der Waals surface area contributed by atoms with Crippen LogP contribution in [0.1, 0.15) is 33.6 Å². The molecule has 1 saturated heterocycles. The van der Waals surface area contributed by atoms with Crippen LogP contribution in [0.25, 0.3) is 0 Å². The van der Waals surface area contributed by atoms with Crippen molar-refractivity contribution < 1.29 is 4.74 Å². The molecule has 2 heterocycles. The van der Waals surface area contributed by atoms with Crippen LogP contribution in [0.5, 0.6) is 5.88 Å². The predicted octanol–water partition coefficient (Wildman–Crippen LogP) is 1.84. The van der Waals surface area contributed by atoms with Crippen LogP contribution < -0.4 is 15.0 Å². The predicted molar refractivity (Wildman–Crippen MR) is 76.7 cm³/mol. The molecule has 0 radical (unpaired) electrons. The van der Waals surface area contributed by atoms with Crippen molar-refractivity contribution in [1.29, 1.82) is 0 Å². The molecule has 1 aliphatic rings. The minimum absolute atomic E-state index is 0.135. The molecule has 1 N–H and O–H groups in total. The van der Waals surface area contributed by atoms with Crippen molar-refractivity contribution in [3.8, 4) is 5.88 Å². The van der Waals surface area contributed by atoms with Gasteiger partial charge in [0, 0.05) is 25.2 Å². The smallest absolute Gasteiger partial charge is 0.218 e. The van der Waals surface area contributed by atoms with Gasteiger partial charge in [0.2, 0.25) is 5.88 Å². The fourth-order valence-corrected chi connectivity index (χ4v) is 2.42. The van der Waals surface area contributed by atoms with E-state index in [4.69, 9.17) is 4.74 Å². The van der Waals surface area contributed by atoms with E-state index in [2.05, 4.69) is 27.1 Å². The molecule has 0 spiro atoms. The van der Waals surface area contributed by atoms with E-state index in [1.807, 2.05) is 19.9 Å². The first kappa shape index (κ1) is 14.1. The van der Waals surface area contributed by atoms with Gasteiger partial charge in [-0.1, -0.05) is 6.92 Å². The Morgan fingerprint density at radius 2 is 2.32 bits per heavy atom. The van der Waals surface area contributed by atoms with E-state index in [1.165, 1.54) is 6.42 Å². The third kappa shape index (κ3) is 3.80. The first-order valence-corrected chi connectivity index (χ1v) is 7.16. The first-order chi connectivity index (χ1) is 9.20. The monoisotopic (exact) mass is 264 g/mol. The van der Waals surface area contributed by atoms with Crippen molar-refractivity contribution >= 4 is 5.82 Å². The molecule has 0 amide bonds. The Hall–Kier alpha value is -1.36. The lowest BCUT2D eigenvalue weighted by Gasteiger charge is -2.29. The summed E-state index contributed by atoms with van der Waals surface area (Å²) < 4.78 is 5.65. The molecule has 2 rings (SSSR count). The summed E-state index contributed by atoms with van der Waals surface area (Å²) in [5.41, 5.74) is 0. The summed E-state index contributed by atoms with van der Waals surface area (Å²) in [5, 5.41) is 3.41. The van der Waals surface area contributed by atoms with Crippen molar-refractivity contribution in [3.05, 3.63) is 12.4 Å². The van der Waals surface area contributed by atoms with Crippen LogP contribution in [0.15, 0.2) is 12.4 Å². The van der Waals surface area contributed by atoms with E-state index in [0.29, 0.717) is 11.9 Å². The highest BCUT2D eigenvalue weighted by molar-refractivity contribution is 5.42. The lowest BCUT2D eigenvalue weighted by molar-refractivity contribution is 0.232. The van der Waals surface area contributed by atoms with E-state index in [9.17, 15) is 0 Å². The second kappa shape index (κ2) is 6.70. The molecule has 1 fully saturated rings. The van der Waals surface area contributed by atoms with Crippen molar-refractivity contribution in [2.45, 2.75) is 45.8 Å². The van der Waals surface area contributed by atoms with Gasteiger partial charge in [-0.3, -0.25) is 0 Å². The average molecular weight is 264 g/mol. The number of rotatable bonds is 6. The van der Waals surface area contributed by atoms with E-state index >= 15 is 0 Å². The molecule has 19 heavy (non-hydrogen) atoms. The second-order valence-electron chi connectivity index (χ2n) is 5.22. The van der Waals surface area contributed by atoms with Gasteiger partial charge in [-0.25, -0.2) is 9.97 Å². The van der Waals surface area contributed by atoms with Crippen LogP contribution in [-0.4, -0.2) is 41.7 Å². The highest BCUT2D eigenvalue weighted by Crippen LogP contribution is 2.21. The molecule has 0 saturated carbocycles. The normalized spacial score (nSPS) is 18.8. The summed E-state index contributed by atoms with van der Waals surface area (Å²) in [6.07, 6.45) is 4.01. The van der Waals surface area contributed by atoms with Crippen molar-refractivity contribution in [1.82, 2.24) is 15.3 Å². The first-order valence-electron chi connectivity index (χ1n) is 7.16. The molecule has 0 bridgehead atoms. The quantitative estimate of drug-likeness (QED) is 0.849. The third-order valence-corrected chi connectivity index (χ3v) is 3.22. The molecule has 1 aromatic rings. The fourth-order valence-electron chi connectivity index (χ4n) is 2.42. The zero-order chi connectivity index (χ0) is 13.7. The minimum atomic E-state index is 0.135. The maximum Gasteiger partial charge on any atom is 0.218 e. The molecule has 0 aliphatic carbocycles. The van der Waals surface area contributed by atoms with E-state index in [1.54, 1.807) is 6.33 Å². The number of aromatic nitrogens is 2. The van der Waals surface area contributed by atoms with Gasteiger partial charge in [0.1, 0.15) is 12.1 Å². The molecule has 5 nitrogen and oxygen atoms in total. The second-order valence-corrected chi connectivity index (χ2v) is 5.22. The lowest BCUT2D eigenvalue weighted by atomic mass is 10.2. The molecule has 1 unspecified atom stereocenters. The summed E-state index contributed by atoms with van der Waals surface area (Å²) in [5.74, 6) is 1.63. The summed E-state index contributed by atoms with van der Waals surface area (Å²) in [4.78, 5) is 11.0. The van der Waals surface area contributed by atoms with Crippen LogP contribution in [0.2, 0.25) is 0 Å². The molecule has 1 atom stereocenters. The Morgan fingerprint density at radius 3 is 2.95 bits per heavy atom. The van der Waals surface area contributed by atoms with Gasteiger partial charge in [-0.2, -0.15) is 0 Å². The standard InChI is InChI=1S/C14H24N4O/c1-4-7-18(12-5-6-15-9-12)13-8-14(17-10-16-13)19-11(2)3/h8,10-12,15H,4-7,9H2,1-3H3.